The highest BCUT2D eigenvalue weighted by molar-refractivity contribution is 6.11. The zero-order chi connectivity index (χ0) is 30.6. The topological polar surface area (TPSA) is 33.6 Å². The molecule has 0 aliphatic rings. The molecule has 2 aromatic heterocycles. The largest absolute Gasteiger partial charge is 0.309 e. The van der Waals surface area contributed by atoms with Gasteiger partial charge in [0.05, 0.1) is 45.1 Å². The molecule has 0 atom stereocenters. The molecule has 9 aromatic rings. The molecular weight excluding hydrogens is 558 g/mol. The normalized spacial score (nSPS) is 11.5. The van der Waals surface area contributed by atoms with Gasteiger partial charge in [0.2, 0.25) is 0 Å². The molecule has 0 amide bonds. The zero-order valence-corrected chi connectivity index (χ0v) is 24.9. The predicted molar refractivity (Wildman–Crippen MR) is 191 cm³/mol. The molecule has 0 fully saturated rings. The van der Waals surface area contributed by atoms with Crippen molar-refractivity contribution in [1.29, 1.82) is 5.26 Å². The maximum atomic E-state index is 9.66. The molecule has 0 saturated heterocycles. The van der Waals surface area contributed by atoms with E-state index in [-0.39, 0.29) is 0 Å². The van der Waals surface area contributed by atoms with Crippen LogP contribution in [0, 0.1) is 11.3 Å². The van der Waals surface area contributed by atoms with Gasteiger partial charge in [-0.1, -0.05) is 115 Å². The van der Waals surface area contributed by atoms with Crippen LogP contribution in [0.2, 0.25) is 0 Å². The van der Waals surface area contributed by atoms with E-state index in [1.807, 2.05) is 18.2 Å². The van der Waals surface area contributed by atoms with E-state index in [2.05, 4.69) is 161 Å². The molecular formula is C43H27N3. The van der Waals surface area contributed by atoms with E-state index < -0.39 is 0 Å². The quantitative estimate of drug-likeness (QED) is 0.202. The highest BCUT2D eigenvalue weighted by atomic mass is 15.0. The average Bonchev–Trinajstić information content (AvgIpc) is 3.64. The van der Waals surface area contributed by atoms with Crippen LogP contribution in [0.1, 0.15) is 5.56 Å². The summed E-state index contributed by atoms with van der Waals surface area (Å²) in [5.74, 6) is 0. The van der Waals surface area contributed by atoms with Crippen LogP contribution in [0.3, 0.4) is 0 Å². The molecule has 0 aliphatic carbocycles. The Balaban J connectivity index is 1.39. The lowest BCUT2D eigenvalue weighted by Crippen LogP contribution is -2.02. The average molecular weight is 586 g/mol. The Morgan fingerprint density at radius 2 is 0.826 bits per heavy atom. The lowest BCUT2D eigenvalue weighted by atomic mass is 9.96. The number of benzene rings is 7. The molecule has 0 bridgehead atoms. The van der Waals surface area contributed by atoms with Crippen molar-refractivity contribution in [2.45, 2.75) is 0 Å². The summed E-state index contributed by atoms with van der Waals surface area (Å²) >= 11 is 0. The van der Waals surface area contributed by atoms with Gasteiger partial charge in [-0.15, -0.1) is 0 Å². The standard InChI is InChI=1S/C43H27N3/c44-28-29-12-11-13-30(26-29)31-24-25-37(43(27-31)46-41-22-9-3-16-34(41)35-17-4-10-23-42(35)46)36-18-5-8-21-40(36)45-38-19-6-1-14-32(38)33-15-2-7-20-39(33)45/h1-27H. The van der Waals surface area contributed by atoms with Crippen LogP contribution >= 0.6 is 0 Å². The van der Waals surface area contributed by atoms with Crippen LogP contribution in [0.5, 0.6) is 0 Å². The van der Waals surface area contributed by atoms with Crippen molar-refractivity contribution < 1.29 is 0 Å². The minimum atomic E-state index is 0.650. The molecule has 0 radical (unpaired) electrons. The predicted octanol–water partition coefficient (Wildman–Crippen LogP) is 11.1. The highest BCUT2D eigenvalue weighted by Crippen LogP contribution is 2.41. The Labute approximate surface area is 266 Å². The number of nitrogens with zero attached hydrogens (tertiary/aromatic N) is 3. The third kappa shape index (κ3) is 3.91. The summed E-state index contributed by atoms with van der Waals surface area (Å²) < 4.78 is 4.81. The second-order valence-electron chi connectivity index (χ2n) is 11.7. The fourth-order valence-corrected chi connectivity index (χ4v) is 7.15. The highest BCUT2D eigenvalue weighted by Gasteiger charge is 2.20. The zero-order valence-electron chi connectivity index (χ0n) is 24.9. The Hall–Kier alpha value is -6.37. The smallest absolute Gasteiger partial charge is 0.0991 e. The van der Waals surface area contributed by atoms with Crippen molar-refractivity contribution in [3.05, 3.63) is 169 Å². The first kappa shape index (κ1) is 26.1. The van der Waals surface area contributed by atoms with Crippen LogP contribution in [-0.2, 0) is 0 Å². The van der Waals surface area contributed by atoms with Crippen molar-refractivity contribution in [2.75, 3.05) is 0 Å². The molecule has 7 aromatic carbocycles. The van der Waals surface area contributed by atoms with Gasteiger partial charge in [-0.05, 0) is 59.7 Å². The molecule has 0 spiro atoms. The number of fused-ring (bicyclic) bond motifs is 6. The molecule has 214 valence electrons. The molecule has 2 heterocycles. The summed E-state index contributed by atoms with van der Waals surface area (Å²) in [5.41, 5.74) is 11.9. The number of nitriles is 1. The molecule has 9 rings (SSSR count). The van der Waals surface area contributed by atoms with E-state index in [1.54, 1.807) is 0 Å². The lowest BCUT2D eigenvalue weighted by Gasteiger charge is -2.19. The van der Waals surface area contributed by atoms with Gasteiger partial charge in [-0.2, -0.15) is 5.26 Å². The number of rotatable bonds is 4. The first-order valence-electron chi connectivity index (χ1n) is 15.5. The van der Waals surface area contributed by atoms with E-state index in [0.29, 0.717) is 5.56 Å². The van der Waals surface area contributed by atoms with Crippen molar-refractivity contribution in [1.82, 2.24) is 9.13 Å². The van der Waals surface area contributed by atoms with Crippen LogP contribution in [0.25, 0.3) is 77.2 Å². The summed E-state index contributed by atoms with van der Waals surface area (Å²) in [4.78, 5) is 0. The summed E-state index contributed by atoms with van der Waals surface area (Å²) in [5, 5.41) is 14.6. The second kappa shape index (κ2) is 10.4. The third-order valence-corrected chi connectivity index (χ3v) is 9.16. The maximum Gasteiger partial charge on any atom is 0.0991 e. The number of aromatic nitrogens is 2. The first-order valence-corrected chi connectivity index (χ1v) is 15.5. The summed E-state index contributed by atoms with van der Waals surface area (Å²) in [6.45, 7) is 0. The van der Waals surface area contributed by atoms with Gasteiger partial charge >= 0.3 is 0 Å². The van der Waals surface area contributed by atoms with Crippen LogP contribution in [0.15, 0.2) is 164 Å². The molecule has 0 N–H and O–H groups in total. The van der Waals surface area contributed by atoms with Crippen molar-refractivity contribution in [2.24, 2.45) is 0 Å². The van der Waals surface area contributed by atoms with Crippen molar-refractivity contribution in [3.8, 4) is 39.7 Å². The molecule has 0 saturated carbocycles. The van der Waals surface area contributed by atoms with Gasteiger partial charge < -0.3 is 9.13 Å². The minimum absolute atomic E-state index is 0.650. The van der Waals surface area contributed by atoms with Gasteiger partial charge in [-0.3, -0.25) is 0 Å². The van der Waals surface area contributed by atoms with Crippen molar-refractivity contribution >= 4 is 43.6 Å². The van der Waals surface area contributed by atoms with Crippen LogP contribution in [-0.4, -0.2) is 9.13 Å². The summed E-state index contributed by atoms with van der Waals surface area (Å²) in [7, 11) is 0. The molecule has 0 aliphatic heterocycles. The van der Waals surface area contributed by atoms with E-state index in [1.165, 1.54) is 32.6 Å². The second-order valence-corrected chi connectivity index (χ2v) is 11.7. The fourth-order valence-electron chi connectivity index (χ4n) is 7.15. The van der Waals surface area contributed by atoms with Gasteiger partial charge in [0, 0.05) is 32.7 Å². The maximum absolute atomic E-state index is 9.66. The molecule has 46 heavy (non-hydrogen) atoms. The Bertz CT molecular complexity index is 2560. The molecule has 3 nitrogen and oxygen atoms in total. The monoisotopic (exact) mass is 585 g/mol. The Morgan fingerprint density at radius 1 is 0.370 bits per heavy atom. The molecule has 0 unspecified atom stereocenters. The minimum Gasteiger partial charge on any atom is -0.309 e. The van der Waals surface area contributed by atoms with Crippen molar-refractivity contribution in [3.63, 3.8) is 0 Å². The van der Waals surface area contributed by atoms with Gasteiger partial charge in [-0.25, -0.2) is 0 Å². The number of hydrogen-bond donors (Lipinski definition) is 0. The summed E-state index contributed by atoms with van der Waals surface area (Å²) in [6.07, 6.45) is 0. The van der Waals surface area contributed by atoms with E-state index in [0.717, 1.165) is 44.7 Å². The van der Waals surface area contributed by atoms with Crippen LogP contribution in [0.4, 0.5) is 0 Å². The fraction of sp³-hybridized carbons (Fsp3) is 0. The number of hydrogen-bond acceptors (Lipinski definition) is 1. The Kier molecular flexibility index (Phi) is 5.88. The first-order chi connectivity index (χ1) is 22.8. The third-order valence-electron chi connectivity index (χ3n) is 9.16. The number of para-hydroxylation sites is 5. The molecule has 3 heteroatoms. The van der Waals surface area contributed by atoms with Gasteiger partial charge in [0.25, 0.3) is 0 Å². The van der Waals surface area contributed by atoms with E-state index in [9.17, 15) is 5.26 Å². The van der Waals surface area contributed by atoms with Gasteiger partial charge in [0.1, 0.15) is 0 Å². The Morgan fingerprint density at radius 3 is 1.39 bits per heavy atom. The SMILES string of the molecule is N#Cc1cccc(-c2ccc(-c3ccccc3-n3c4ccccc4c4ccccc43)c(-n3c4ccccc4c4ccccc43)c2)c1. The summed E-state index contributed by atoms with van der Waals surface area (Å²) in [6, 6.07) is 60.2. The van der Waals surface area contributed by atoms with Crippen LogP contribution < -0.4 is 0 Å². The van der Waals surface area contributed by atoms with E-state index in [4.69, 9.17) is 0 Å². The lowest BCUT2D eigenvalue weighted by molar-refractivity contribution is 1.16. The van der Waals surface area contributed by atoms with E-state index >= 15 is 0 Å². The van der Waals surface area contributed by atoms with Gasteiger partial charge in [0.15, 0.2) is 0 Å².